The first-order chi connectivity index (χ1) is 12.5. The highest BCUT2D eigenvalue weighted by Crippen LogP contribution is 2.32. The van der Waals surface area contributed by atoms with E-state index < -0.39 is 18.0 Å². The standard InChI is InChI=1S/C19H16ClNO5/c1-12(19(23)21-15-6-4-14(20)5-7-15)26-18(22)9-3-13-2-8-16-17(10-13)25-11-24-16/h2-10,12H,11H2,1H3,(H,21,23)/b9-3+. The third-order valence-electron chi connectivity index (χ3n) is 3.58. The number of carbonyl (C=O) groups is 2. The van der Waals surface area contributed by atoms with E-state index in [1.54, 1.807) is 48.5 Å². The molecule has 0 fully saturated rings. The molecule has 1 aliphatic rings. The smallest absolute Gasteiger partial charge is 0.331 e. The number of benzene rings is 2. The largest absolute Gasteiger partial charge is 0.454 e. The van der Waals surface area contributed by atoms with Crippen LogP contribution in [0, 0.1) is 0 Å². The number of hydrogen-bond acceptors (Lipinski definition) is 5. The Labute approximate surface area is 155 Å². The van der Waals surface area contributed by atoms with Gasteiger partial charge in [-0.3, -0.25) is 4.79 Å². The monoisotopic (exact) mass is 373 g/mol. The number of fused-ring (bicyclic) bond motifs is 1. The summed E-state index contributed by atoms with van der Waals surface area (Å²) in [4.78, 5) is 24.0. The first kappa shape index (κ1) is 17.8. The van der Waals surface area contributed by atoms with Crippen molar-refractivity contribution in [3.8, 4) is 11.5 Å². The fourth-order valence-electron chi connectivity index (χ4n) is 2.23. The molecule has 1 aliphatic heterocycles. The maximum Gasteiger partial charge on any atom is 0.331 e. The molecule has 0 aromatic heterocycles. The van der Waals surface area contributed by atoms with E-state index in [4.69, 9.17) is 25.8 Å². The van der Waals surface area contributed by atoms with E-state index in [-0.39, 0.29) is 6.79 Å². The van der Waals surface area contributed by atoms with Gasteiger partial charge in [0, 0.05) is 16.8 Å². The van der Waals surface area contributed by atoms with Gasteiger partial charge in [-0.1, -0.05) is 17.7 Å². The van der Waals surface area contributed by atoms with Gasteiger partial charge in [-0.05, 0) is 55.0 Å². The van der Waals surface area contributed by atoms with Gasteiger partial charge in [0.2, 0.25) is 6.79 Å². The Morgan fingerprint density at radius 2 is 1.88 bits per heavy atom. The van der Waals surface area contributed by atoms with Crippen LogP contribution in [0.3, 0.4) is 0 Å². The molecule has 0 aliphatic carbocycles. The summed E-state index contributed by atoms with van der Waals surface area (Å²) in [7, 11) is 0. The summed E-state index contributed by atoms with van der Waals surface area (Å²) in [6, 6.07) is 11.9. The Kier molecular flexibility index (Phi) is 5.43. The first-order valence-corrected chi connectivity index (χ1v) is 8.24. The van der Waals surface area contributed by atoms with Crippen LogP contribution in [0.1, 0.15) is 12.5 Å². The Morgan fingerprint density at radius 1 is 1.15 bits per heavy atom. The summed E-state index contributed by atoms with van der Waals surface area (Å²) < 4.78 is 15.6. The zero-order valence-electron chi connectivity index (χ0n) is 13.9. The molecule has 0 saturated carbocycles. The predicted molar refractivity (Wildman–Crippen MR) is 97.2 cm³/mol. The molecule has 0 spiro atoms. The minimum atomic E-state index is -0.945. The highest BCUT2D eigenvalue weighted by Gasteiger charge is 2.17. The van der Waals surface area contributed by atoms with Gasteiger partial charge in [0.1, 0.15) is 0 Å². The maximum absolute atomic E-state index is 12.1. The van der Waals surface area contributed by atoms with Crippen molar-refractivity contribution in [3.05, 3.63) is 59.1 Å². The molecule has 2 aromatic carbocycles. The average Bonchev–Trinajstić information content (AvgIpc) is 3.09. The third kappa shape index (κ3) is 4.55. The van der Waals surface area contributed by atoms with Gasteiger partial charge in [-0.2, -0.15) is 0 Å². The summed E-state index contributed by atoms with van der Waals surface area (Å²) in [6.45, 7) is 1.68. The molecular weight excluding hydrogens is 358 g/mol. The average molecular weight is 374 g/mol. The van der Waals surface area contributed by atoms with E-state index in [9.17, 15) is 9.59 Å². The summed E-state index contributed by atoms with van der Waals surface area (Å²) >= 11 is 5.79. The van der Waals surface area contributed by atoms with Crippen LogP contribution in [-0.2, 0) is 14.3 Å². The van der Waals surface area contributed by atoms with Gasteiger partial charge in [-0.15, -0.1) is 0 Å². The number of halogens is 1. The third-order valence-corrected chi connectivity index (χ3v) is 3.83. The van der Waals surface area contributed by atoms with Gasteiger partial charge in [0.15, 0.2) is 17.6 Å². The number of hydrogen-bond donors (Lipinski definition) is 1. The van der Waals surface area contributed by atoms with Crippen LogP contribution in [0.25, 0.3) is 6.08 Å². The molecule has 7 heteroatoms. The molecule has 1 atom stereocenters. The van der Waals surface area contributed by atoms with Gasteiger partial charge >= 0.3 is 5.97 Å². The van der Waals surface area contributed by atoms with Gasteiger partial charge in [0.25, 0.3) is 5.91 Å². The lowest BCUT2D eigenvalue weighted by atomic mass is 10.2. The predicted octanol–water partition coefficient (Wildman–Crippen LogP) is 3.65. The van der Waals surface area contributed by atoms with E-state index >= 15 is 0 Å². The molecule has 1 amide bonds. The van der Waals surface area contributed by atoms with E-state index in [0.29, 0.717) is 22.2 Å². The second-order valence-electron chi connectivity index (χ2n) is 5.52. The van der Waals surface area contributed by atoms with Crippen molar-refractivity contribution in [2.75, 3.05) is 12.1 Å². The van der Waals surface area contributed by atoms with Crippen LogP contribution < -0.4 is 14.8 Å². The first-order valence-electron chi connectivity index (χ1n) is 7.86. The lowest BCUT2D eigenvalue weighted by Crippen LogP contribution is -2.29. The summed E-state index contributed by atoms with van der Waals surface area (Å²) in [6.07, 6.45) is 1.89. The van der Waals surface area contributed by atoms with Crippen molar-refractivity contribution in [2.24, 2.45) is 0 Å². The quantitative estimate of drug-likeness (QED) is 0.639. The Hall–Kier alpha value is -2.99. The van der Waals surface area contributed by atoms with E-state index in [2.05, 4.69) is 5.32 Å². The van der Waals surface area contributed by atoms with Crippen molar-refractivity contribution in [1.82, 2.24) is 0 Å². The molecule has 0 bridgehead atoms. The van der Waals surface area contributed by atoms with Crippen LogP contribution in [0.4, 0.5) is 5.69 Å². The fourth-order valence-corrected chi connectivity index (χ4v) is 2.35. The van der Waals surface area contributed by atoms with Crippen LogP contribution in [0.2, 0.25) is 5.02 Å². The molecule has 1 heterocycles. The SMILES string of the molecule is CC(OC(=O)/C=C/c1ccc2c(c1)OCO2)C(=O)Nc1ccc(Cl)cc1. The van der Waals surface area contributed by atoms with E-state index in [0.717, 1.165) is 5.56 Å². The highest BCUT2D eigenvalue weighted by atomic mass is 35.5. The van der Waals surface area contributed by atoms with Gasteiger partial charge < -0.3 is 19.5 Å². The summed E-state index contributed by atoms with van der Waals surface area (Å²) in [5, 5.41) is 3.21. The number of nitrogens with one attached hydrogen (secondary N) is 1. The minimum absolute atomic E-state index is 0.185. The molecule has 1 unspecified atom stereocenters. The molecule has 0 saturated heterocycles. The number of anilines is 1. The Balaban J connectivity index is 1.53. The fraction of sp³-hybridized carbons (Fsp3) is 0.158. The molecule has 26 heavy (non-hydrogen) atoms. The number of amides is 1. The molecule has 134 valence electrons. The number of esters is 1. The molecule has 3 rings (SSSR count). The summed E-state index contributed by atoms with van der Waals surface area (Å²) in [5.74, 6) is 0.229. The van der Waals surface area contributed by atoms with Crippen molar-refractivity contribution in [1.29, 1.82) is 0 Å². The number of rotatable bonds is 5. The maximum atomic E-state index is 12.1. The summed E-state index contributed by atoms with van der Waals surface area (Å²) in [5.41, 5.74) is 1.32. The lowest BCUT2D eigenvalue weighted by molar-refractivity contribution is -0.148. The number of carbonyl (C=O) groups excluding carboxylic acids is 2. The topological polar surface area (TPSA) is 73.9 Å². The number of ether oxygens (including phenoxy) is 3. The van der Waals surface area contributed by atoms with Crippen LogP contribution in [0.15, 0.2) is 48.5 Å². The van der Waals surface area contributed by atoms with Crippen molar-refractivity contribution in [3.63, 3.8) is 0 Å². The van der Waals surface area contributed by atoms with Crippen molar-refractivity contribution in [2.45, 2.75) is 13.0 Å². The molecule has 0 radical (unpaired) electrons. The highest BCUT2D eigenvalue weighted by molar-refractivity contribution is 6.30. The molecule has 1 N–H and O–H groups in total. The zero-order valence-corrected chi connectivity index (χ0v) is 14.7. The Morgan fingerprint density at radius 3 is 2.65 bits per heavy atom. The lowest BCUT2D eigenvalue weighted by Gasteiger charge is -2.12. The molecule has 2 aromatic rings. The van der Waals surface area contributed by atoms with Crippen LogP contribution in [-0.4, -0.2) is 24.8 Å². The molecule has 6 nitrogen and oxygen atoms in total. The zero-order chi connectivity index (χ0) is 18.5. The van der Waals surface area contributed by atoms with Crippen LogP contribution in [0.5, 0.6) is 11.5 Å². The van der Waals surface area contributed by atoms with Gasteiger partial charge in [0.05, 0.1) is 0 Å². The van der Waals surface area contributed by atoms with Crippen LogP contribution >= 0.6 is 11.6 Å². The van der Waals surface area contributed by atoms with Crippen molar-refractivity contribution < 1.29 is 23.8 Å². The molecular formula is C19H16ClNO5. The minimum Gasteiger partial charge on any atom is -0.454 e. The second kappa shape index (κ2) is 7.93. The van der Waals surface area contributed by atoms with E-state index in [1.807, 2.05) is 0 Å². The van der Waals surface area contributed by atoms with Crippen molar-refractivity contribution >= 4 is 35.2 Å². The van der Waals surface area contributed by atoms with E-state index in [1.165, 1.54) is 13.0 Å². The van der Waals surface area contributed by atoms with Gasteiger partial charge in [-0.25, -0.2) is 4.79 Å². The Bertz CT molecular complexity index is 848. The second-order valence-corrected chi connectivity index (χ2v) is 5.96. The normalized spacial score (nSPS) is 13.5.